The summed E-state index contributed by atoms with van der Waals surface area (Å²) in [7, 11) is 0. The largest absolute Gasteiger partial charge is 0.465 e. The maximum atomic E-state index is 12.9. The molecule has 0 saturated carbocycles. The molecule has 1 atom stereocenters. The molecule has 2 aliphatic heterocycles. The van der Waals surface area contributed by atoms with E-state index in [1.807, 2.05) is 28.9 Å². The van der Waals surface area contributed by atoms with E-state index in [0.29, 0.717) is 38.6 Å². The molecule has 0 radical (unpaired) electrons. The molecular formula is C19H26N6O3. The van der Waals surface area contributed by atoms with Gasteiger partial charge in [0.25, 0.3) is 0 Å². The highest BCUT2D eigenvalue weighted by molar-refractivity contribution is 5.88. The van der Waals surface area contributed by atoms with Gasteiger partial charge in [-0.1, -0.05) is 0 Å². The number of piperidine rings is 1. The van der Waals surface area contributed by atoms with Crippen LogP contribution in [0.1, 0.15) is 42.5 Å². The van der Waals surface area contributed by atoms with Crippen molar-refractivity contribution in [3.8, 4) is 0 Å². The summed E-state index contributed by atoms with van der Waals surface area (Å²) in [5.74, 6) is 2.80. The molecule has 9 heteroatoms. The molecule has 2 aliphatic rings. The van der Waals surface area contributed by atoms with Crippen LogP contribution in [0.5, 0.6) is 0 Å². The Kier molecular flexibility index (Phi) is 5.43. The van der Waals surface area contributed by atoms with Gasteiger partial charge in [0.05, 0.1) is 19.0 Å². The van der Waals surface area contributed by atoms with Crippen LogP contribution in [0.15, 0.2) is 22.9 Å². The van der Waals surface area contributed by atoms with E-state index in [1.54, 1.807) is 0 Å². The summed E-state index contributed by atoms with van der Waals surface area (Å²) < 4.78 is 5.66. The number of furan rings is 1. The number of piperazine rings is 1. The Labute approximate surface area is 163 Å². The first-order valence-corrected chi connectivity index (χ1v) is 9.80. The first kappa shape index (κ1) is 18.7. The number of amides is 2. The van der Waals surface area contributed by atoms with Gasteiger partial charge in [0, 0.05) is 32.1 Å². The van der Waals surface area contributed by atoms with Crippen molar-refractivity contribution in [1.29, 1.82) is 0 Å². The third-order valence-electron chi connectivity index (χ3n) is 5.63. The van der Waals surface area contributed by atoms with Crippen LogP contribution in [0.3, 0.4) is 0 Å². The van der Waals surface area contributed by atoms with Crippen molar-refractivity contribution in [3.63, 3.8) is 0 Å². The topological polar surface area (TPSA) is 107 Å². The van der Waals surface area contributed by atoms with Crippen LogP contribution in [0.25, 0.3) is 0 Å². The van der Waals surface area contributed by atoms with Gasteiger partial charge in [0.15, 0.2) is 0 Å². The van der Waals surface area contributed by atoms with E-state index in [9.17, 15) is 9.59 Å². The van der Waals surface area contributed by atoms with Gasteiger partial charge in [0.2, 0.25) is 11.8 Å². The number of carbonyl (C=O) groups excluding carboxylic acids is 2. The third kappa shape index (κ3) is 4.09. The molecule has 4 heterocycles. The summed E-state index contributed by atoms with van der Waals surface area (Å²) in [5, 5.41) is 9.71. The fraction of sp³-hybridized carbons (Fsp3) is 0.579. The summed E-state index contributed by atoms with van der Waals surface area (Å²) in [4.78, 5) is 33.4. The second-order valence-electron chi connectivity index (χ2n) is 7.52. The monoisotopic (exact) mass is 386 g/mol. The Hall–Kier alpha value is -2.68. The van der Waals surface area contributed by atoms with Crippen molar-refractivity contribution >= 4 is 11.8 Å². The van der Waals surface area contributed by atoms with Crippen LogP contribution >= 0.6 is 0 Å². The molecule has 0 aliphatic carbocycles. The van der Waals surface area contributed by atoms with Crippen molar-refractivity contribution in [2.45, 2.75) is 44.7 Å². The van der Waals surface area contributed by atoms with E-state index in [-0.39, 0.29) is 18.2 Å². The molecule has 2 amide bonds. The van der Waals surface area contributed by atoms with Gasteiger partial charge in [-0.3, -0.25) is 19.6 Å². The van der Waals surface area contributed by atoms with Gasteiger partial charge in [-0.05, 0) is 31.9 Å². The molecule has 2 aromatic heterocycles. The number of aromatic amines is 1. The first-order valence-electron chi connectivity index (χ1n) is 9.80. The number of nitrogens with one attached hydrogen (secondary N) is 2. The lowest BCUT2D eigenvalue weighted by Crippen LogP contribution is -2.56. The van der Waals surface area contributed by atoms with Gasteiger partial charge in [-0.2, -0.15) is 5.10 Å². The molecule has 0 unspecified atom stereocenters. The number of aryl methyl sites for hydroxylation is 1. The standard InChI is InChI=1S/C19H26N6O3/c1-13-2-3-15(28-13)11-25-9-6-20-19(27)16(25)10-17(26)24-7-4-14(5-8-24)18-21-12-22-23-18/h2-3,12,14,16H,4-11H2,1H3,(H,20,27)(H,21,22,23)/t16-/m0/s1. The van der Waals surface area contributed by atoms with Crippen molar-refractivity contribution in [2.24, 2.45) is 0 Å². The number of hydrogen-bond donors (Lipinski definition) is 2. The van der Waals surface area contributed by atoms with Crippen LogP contribution in [0.4, 0.5) is 0 Å². The smallest absolute Gasteiger partial charge is 0.237 e. The molecule has 0 spiro atoms. The fourth-order valence-electron chi connectivity index (χ4n) is 4.05. The second-order valence-corrected chi connectivity index (χ2v) is 7.52. The van der Waals surface area contributed by atoms with E-state index >= 15 is 0 Å². The zero-order valence-corrected chi connectivity index (χ0v) is 16.1. The highest BCUT2D eigenvalue weighted by Gasteiger charge is 2.34. The predicted octanol–water partition coefficient (Wildman–Crippen LogP) is 0.803. The molecule has 2 fully saturated rings. The Morgan fingerprint density at radius 1 is 1.29 bits per heavy atom. The Bertz CT molecular complexity index is 810. The maximum absolute atomic E-state index is 12.9. The lowest BCUT2D eigenvalue weighted by Gasteiger charge is -2.36. The maximum Gasteiger partial charge on any atom is 0.237 e. The first-order chi connectivity index (χ1) is 13.6. The molecular weight excluding hydrogens is 360 g/mol. The van der Waals surface area contributed by atoms with Crippen molar-refractivity contribution < 1.29 is 14.0 Å². The number of rotatable bonds is 5. The summed E-state index contributed by atoms with van der Waals surface area (Å²) >= 11 is 0. The van der Waals surface area contributed by atoms with E-state index in [1.165, 1.54) is 6.33 Å². The molecule has 2 N–H and O–H groups in total. The summed E-state index contributed by atoms with van der Waals surface area (Å²) in [5.41, 5.74) is 0. The number of carbonyl (C=O) groups is 2. The Balaban J connectivity index is 1.35. The minimum Gasteiger partial charge on any atom is -0.465 e. The lowest BCUT2D eigenvalue weighted by molar-refractivity contribution is -0.139. The number of nitrogens with zero attached hydrogens (tertiary/aromatic N) is 4. The van der Waals surface area contributed by atoms with Crippen molar-refractivity contribution in [3.05, 3.63) is 35.8 Å². The van der Waals surface area contributed by atoms with Crippen LogP contribution < -0.4 is 5.32 Å². The van der Waals surface area contributed by atoms with Crippen LogP contribution in [-0.4, -0.2) is 69.0 Å². The van der Waals surface area contributed by atoms with Crippen LogP contribution in [0, 0.1) is 6.92 Å². The van der Waals surface area contributed by atoms with E-state index in [4.69, 9.17) is 4.42 Å². The highest BCUT2D eigenvalue weighted by Crippen LogP contribution is 2.26. The van der Waals surface area contributed by atoms with Crippen LogP contribution in [0.2, 0.25) is 0 Å². The second kappa shape index (κ2) is 8.14. The summed E-state index contributed by atoms with van der Waals surface area (Å²) in [6.07, 6.45) is 3.42. The number of H-pyrrole nitrogens is 1. The number of hydrogen-bond acceptors (Lipinski definition) is 6. The Morgan fingerprint density at radius 2 is 2.11 bits per heavy atom. The van der Waals surface area contributed by atoms with Gasteiger partial charge in [0.1, 0.15) is 23.7 Å². The highest BCUT2D eigenvalue weighted by atomic mass is 16.3. The molecule has 0 aromatic carbocycles. The molecule has 0 bridgehead atoms. The van der Waals surface area contributed by atoms with Gasteiger partial charge in [-0.15, -0.1) is 0 Å². The van der Waals surface area contributed by atoms with Crippen molar-refractivity contribution in [1.82, 2.24) is 30.3 Å². The van der Waals surface area contributed by atoms with Gasteiger partial charge < -0.3 is 14.6 Å². The normalized spacial score (nSPS) is 21.7. The summed E-state index contributed by atoms with van der Waals surface area (Å²) in [6, 6.07) is 3.38. The SMILES string of the molecule is Cc1ccc(CN2CCNC(=O)[C@@H]2CC(=O)N2CCC(c3ncn[nH]3)CC2)o1. The average molecular weight is 386 g/mol. The van der Waals surface area contributed by atoms with E-state index in [0.717, 1.165) is 30.2 Å². The molecule has 28 heavy (non-hydrogen) atoms. The fourth-order valence-corrected chi connectivity index (χ4v) is 4.05. The molecule has 2 saturated heterocycles. The number of likely N-dealkylation sites (tertiary alicyclic amines) is 1. The lowest BCUT2D eigenvalue weighted by atomic mass is 9.95. The van der Waals surface area contributed by atoms with E-state index in [2.05, 4.69) is 20.5 Å². The van der Waals surface area contributed by atoms with Gasteiger partial charge in [-0.25, -0.2) is 4.98 Å². The number of aromatic nitrogens is 3. The minimum atomic E-state index is -0.460. The quantitative estimate of drug-likeness (QED) is 0.787. The van der Waals surface area contributed by atoms with E-state index < -0.39 is 6.04 Å². The van der Waals surface area contributed by atoms with Gasteiger partial charge >= 0.3 is 0 Å². The van der Waals surface area contributed by atoms with Crippen molar-refractivity contribution in [2.75, 3.05) is 26.2 Å². The average Bonchev–Trinajstić information content (AvgIpc) is 3.36. The Morgan fingerprint density at radius 3 is 2.79 bits per heavy atom. The predicted molar refractivity (Wildman–Crippen MR) is 100 cm³/mol. The van der Waals surface area contributed by atoms with Crippen LogP contribution in [-0.2, 0) is 16.1 Å². The summed E-state index contributed by atoms with van der Waals surface area (Å²) in [6.45, 7) is 5.08. The minimum absolute atomic E-state index is 0.0266. The molecule has 150 valence electrons. The third-order valence-corrected chi connectivity index (χ3v) is 5.63. The zero-order chi connectivity index (χ0) is 19.5. The zero-order valence-electron chi connectivity index (χ0n) is 16.1. The molecule has 2 aromatic rings. The molecule has 9 nitrogen and oxygen atoms in total. The molecule has 4 rings (SSSR count).